The maximum absolute atomic E-state index is 12.7. The summed E-state index contributed by atoms with van der Waals surface area (Å²) < 4.78 is 18.7. The second-order valence-corrected chi connectivity index (χ2v) is 15.0. The second kappa shape index (κ2) is 9.58. The monoisotopic (exact) mass is 464 g/mol. The van der Waals surface area contributed by atoms with Crippen LogP contribution in [-0.4, -0.2) is 54.3 Å². The van der Waals surface area contributed by atoms with Gasteiger partial charge in [0.2, 0.25) is 5.88 Å². The number of hydrogen-bond donors (Lipinski definition) is 1. The van der Waals surface area contributed by atoms with Crippen LogP contribution in [0.25, 0.3) is 11.2 Å². The number of amides is 1. The number of fused-ring (bicyclic) bond motifs is 1. The lowest BCUT2D eigenvalue weighted by molar-refractivity contribution is 0.0490. The van der Waals surface area contributed by atoms with Gasteiger partial charge in [-0.05, 0) is 45.0 Å². The lowest BCUT2D eigenvalue weighted by Gasteiger charge is -2.39. The molecule has 2 rings (SSSR count). The lowest BCUT2D eigenvalue weighted by atomic mass is 10.2. The Morgan fingerprint density at radius 2 is 1.84 bits per heavy atom. The van der Waals surface area contributed by atoms with E-state index in [2.05, 4.69) is 49.1 Å². The number of carbonyl (C=O) groups is 1. The van der Waals surface area contributed by atoms with Crippen molar-refractivity contribution in [3.63, 3.8) is 0 Å². The Balaban J connectivity index is 2.38. The molecule has 0 aromatic carbocycles. The van der Waals surface area contributed by atoms with E-state index in [0.29, 0.717) is 17.0 Å². The smallest absolute Gasteiger partial charge is 0.407 e. The van der Waals surface area contributed by atoms with Gasteiger partial charge in [0, 0.05) is 12.6 Å². The Morgan fingerprint density at radius 1 is 1.19 bits per heavy atom. The number of aromatic nitrogens is 3. The zero-order valence-electron chi connectivity index (χ0n) is 20.6. The third kappa shape index (κ3) is 6.77. The van der Waals surface area contributed by atoms with Gasteiger partial charge in [-0.2, -0.15) is 4.98 Å². The molecule has 0 spiro atoms. The predicted octanol–water partition coefficient (Wildman–Crippen LogP) is 3.72. The summed E-state index contributed by atoms with van der Waals surface area (Å²) in [4.78, 5) is 33.6. The minimum Gasteiger partial charge on any atom is -0.481 e. The minimum atomic E-state index is -2.21. The van der Waals surface area contributed by atoms with Gasteiger partial charge in [0.1, 0.15) is 11.1 Å². The molecule has 0 bridgehead atoms. The van der Waals surface area contributed by atoms with Crippen molar-refractivity contribution in [3.8, 4) is 5.88 Å². The van der Waals surface area contributed by atoms with Crippen LogP contribution in [0.3, 0.4) is 0 Å². The van der Waals surface area contributed by atoms with Crippen molar-refractivity contribution in [3.05, 3.63) is 28.7 Å². The molecule has 32 heavy (non-hydrogen) atoms. The Bertz CT molecular complexity index is 1010. The molecule has 0 aliphatic carbocycles. The zero-order valence-corrected chi connectivity index (χ0v) is 21.6. The first-order valence-corrected chi connectivity index (χ1v) is 13.6. The Labute approximate surface area is 190 Å². The first-order chi connectivity index (χ1) is 14.6. The predicted molar refractivity (Wildman–Crippen MR) is 127 cm³/mol. The van der Waals surface area contributed by atoms with Gasteiger partial charge in [-0.15, -0.1) is 0 Å². The summed E-state index contributed by atoms with van der Waals surface area (Å²) in [5.41, 5.74) is 0.0485. The van der Waals surface area contributed by atoms with Crippen LogP contribution < -0.4 is 15.6 Å². The van der Waals surface area contributed by atoms with E-state index < -0.39 is 26.1 Å². The molecule has 2 aromatic rings. The Morgan fingerprint density at radius 3 is 2.41 bits per heavy atom. The normalized spacial score (nSPS) is 13.7. The van der Waals surface area contributed by atoms with Crippen LogP contribution in [0.15, 0.2) is 23.1 Å². The summed E-state index contributed by atoms with van der Waals surface area (Å²) in [5.74, 6) is 0.382. The van der Waals surface area contributed by atoms with Gasteiger partial charge < -0.3 is 19.2 Å². The summed E-state index contributed by atoms with van der Waals surface area (Å²) in [5, 5.41) is 2.73. The quantitative estimate of drug-likeness (QED) is 0.623. The molecule has 0 fully saturated rings. The number of hydrogen-bond acceptors (Lipinski definition) is 7. The maximum Gasteiger partial charge on any atom is 0.407 e. The van der Waals surface area contributed by atoms with E-state index in [-0.39, 0.29) is 23.7 Å². The van der Waals surface area contributed by atoms with Crippen LogP contribution in [0.4, 0.5) is 4.79 Å². The van der Waals surface area contributed by atoms with Crippen LogP contribution in [0.2, 0.25) is 18.1 Å². The molecule has 0 aliphatic heterocycles. The summed E-state index contributed by atoms with van der Waals surface area (Å²) in [6, 6.07) is 3.44. The molecule has 0 saturated heterocycles. The molecule has 1 atom stereocenters. The molecule has 9 nitrogen and oxygen atoms in total. The number of methoxy groups -OCH3 is 1. The van der Waals surface area contributed by atoms with Crippen LogP contribution in [0.1, 0.15) is 41.5 Å². The van der Waals surface area contributed by atoms with Crippen LogP contribution in [0.5, 0.6) is 5.88 Å². The highest BCUT2D eigenvalue weighted by Gasteiger charge is 2.39. The number of nitrogens with one attached hydrogen (secondary N) is 1. The van der Waals surface area contributed by atoms with E-state index in [1.165, 1.54) is 17.9 Å². The number of ether oxygens (including phenoxy) is 2. The van der Waals surface area contributed by atoms with Crippen LogP contribution in [-0.2, 0) is 15.7 Å². The standard InChI is InChI=1S/C22H36N4O5Si/c1-21(2,3)30-20(28)24-12-15(31-32(8,9)22(4,5)6)14-26-18(27)13-23-16-10-11-17(29-7)25-19(16)26/h10-11,13,15H,12,14H2,1-9H3,(H,24,28)/t15-/m1/s1. The van der Waals surface area contributed by atoms with Crippen molar-refractivity contribution in [2.75, 3.05) is 13.7 Å². The van der Waals surface area contributed by atoms with E-state index in [1.54, 1.807) is 32.9 Å². The molecule has 10 heteroatoms. The maximum atomic E-state index is 12.7. The van der Waals surface area contributed by atoms with Crippen molar-refractivity contribution >= 4 is 25.6 Å². The largest absolute Gasteiger partial charge is 0.481 e. The molecule has 178 valence electrons. The van der Waals surface area contributed by atoms with E-state index in [1.807, 2.05) is 0 Å². The van der Waals surface area contributed by atoms with Crippen molar-refractivity contribution in [1.82, 2.24) is 19.9 Å². The highest BCUT2D eigenvalue weighted by atomic mass is 28.4. The number of nitrogens with zero attached hydrogens (tertiary/aromatic N) is 3. The molecule has 0 radical (unpaired) electrons. The molecule has 1 N–H and O–H groups in total. The Hall–Kier alpha value is -2.46. The molecule has 0 saturated carbocycles. The molecule has 2 aromatic heterocycles. The summed E-state index contributed by atoms with van der Waals surface area (Å²) in [6.07, 6.45) is 0.258. The van der Waals surface area contributed by atoms with Gasteiger partial charge >= 0.3 is 6.09 Å². The van der Waals surface area contributed by atoms with Crippen molar-refractivity contribution in [1.29, 1.82) is 0 Å². The number of carbonyl (C=O) groups excluding carboxylic acids is 1. The van der Waals surface area contributed by atoms with E-state index in [4.69, 9.17) is 13.9 Å². The van der Waals surface area contributed by atoms with Crippen molar-refractivity contribution < 1.29 is 18.7 Å². The molecular formula is C22H36N4O5Si. The fourth-order valence-corrected chi connectivity index (χ4v) is 4.11. The topological polar surface area (TPSA) is 105 Å². The second-order valence-electron chi connectivity index (χ2n) is 10.3. The molecule has 1 amide bonds. The SMILES string of the molecule is COc1ccc2ncc(=O)n(C[C@@H](CNC(=O)OC(C)(C)C)O[Si](C)(C)C(C)(C)C)c2n1. The van der Waals surface area contributed by atoms with Crippen molar-refractivity contribution in [2.45, 2.75) is 77.9 Å². The van der Waals surface area contributed by atoms with Gasteiger partial charge in [0.25, 0.3) is 5.56 Å². The summed E-state index contributed by atoms with van der Waals surface area (Å²) >= 11 is 0. The van der Waals surface area contributed by atoms with Gasteiger partial charge in [-0.1, -0.05) is 20.8 Å². The van der Waals surface area contributed by atoms with E-state index >= 15 is 0 Å². The van der Waals surface area contributed by atoms with Gasteiger partial charge in [-0.3, -0.25) is 9.36 Å². The number of alkyl carbamates (subject to hydrolysis) is 1. The summed E-state index contributed by atoms with van der Waals surface area (Å²) in [6.45, 7) is 16.5. The fourth-order valence-electron chi connectivity index (χ4n) is 2.76. The van der Waals surface area contributed by atoms with Crippen LogP contribution in [0, 0.1) is 0 Å². The zero-order chi connectivity index (χ0) is 24.3. The minimum absolute atomic E-state index is 0.0517. The van der Waals surface area contributed by atoms with Crippen LogP contribution >= 0.6 is 0 Å². The first kappa shape index (κ1) is 25.8. The molecule has 0 unspecified atom stereocenters. The highest BCUT2D eigenvalue weighted by Crippen LogP contribution is 2.37. The summed E-state index contributed by atoms with van der Waals surface area (Å²) in [7, 11) is -0.697. The average molecular weight is 465 g/mol. The van der Waals surface area contributed by atoms with Crippen molar-refractivity contribution in [2.24, 2.45) is 0 Å². The highest BCUT2D eigenvalue weighted by molar-refractivity contribution is 6.74. The Kier molecular flexibility index (Phi) is 7.72. The number of pyridine rings is 1. The van der Waals surface area contributed by atoms with E-state index in [9.17, 15) is 9.59 Å². The molecule has 0 aliphatic rings. The van der Waals surface area contributed by atoms with Gasteiger partial charge in [0.15, 0.2) is 14.0 Å². The van der Waals surface area contributed by atoms with Gasteiger partial charge in [-0.25, -0.2) is 9.78 Å². The first-order valence-electron chi connectivity index (χ1n) is 10.7. The average Bonchev–Trinajstić information content (AvgIpc) is 2.65. The van der Waals surface area contributed by atoms with E-state index in [0.717, 1.165) is 0 Å². The molecular weight excluding hydrogens is 428 g/mol. The third-order valence-corrected chi connectivity index (χ3v) is 9.94. The third-order valence-electron chi connectivity index (χ3n) is 5.40. The molecule has 2 heterocycles. The fraction of sp³-hybridized carbons (Fsp3) is 0.636. The number of rotatable bonds is 7. The van der Waals surface area contributed by atoms with Gasteiger partial charge in [0.05, 0.1) is 26.0 Å². The lowest BCUT2D eigenvalue weighted by Crippen LogP contribution is -2.49.